The lowest BCUT2D eigenvalue weighted by atomic mass is 10.1. The lowest BCUT2D eigenvalue weighted by molar-refractivity contribution is -0.384. The van der Waals surface area contributed by atoms with Crippen LogP contribution in [0.25, 0.3) is 17.4 Å². The van der Waals surface area contributed by atoms with Crippen molar-refractivity contribution in [1.29, 1.82) is 0 Å². The molecule has 1 aliphatic rings. The Labute approximate surface area is 161 Å². The van der Waals surface area contributed by atoms with Crippen molar-refractivity contribution in [2.75, 3.05) is 13.7 Å². The second kappa shape index (κ2) is 7.56. The van der Waals surface area contributed by atoms with Crippen LogP contribution < -0.4 is 4.74 Å². The number of amides is 2. The van der Waals surface area contributed by atoms with Gasteiger partial charge in [-0.05, 0) is 30.0 Å². The van der Waals surface area contributed by atoms with Gasteiger partial charge in [0.1, 0.15) is 23.8 Å². The maximum absolute atomic E-state index is 12.2. The van der Waals surface area contributed by atoms with Crippen LogP contribution in [0.15, 0.2) is 39.7 Å². The first-order valence-electron chi connectivity index (χ1n) is 7.70. The van der Waals surface area contributed by atoms with Crippen LogP contribution in [0.2, 0.25) is 0 Å². The van der Waals surface area contributed by atoms with Crippen molar-refractivity contribution >= 4 is 40.6 Å². The summed E-state index contributed by atoms with van der Waals surface area (Å²) in [5.41, 5.74) is 0.193. The molecule has 144 valence electrons. The smallest absolute Gasteiger partial charge is 0.323 e. The Morgan fingerprint density at radius 3 is 2.75 bits per heavy atom. The van der Waals surface area contributed by atoms with E-state index in [9.17, 15) is 24.5 Å². The fourth-order valence-electron chi connectivity index (χ4n) is 2.48. The largest absolute Gasteiger partial charge is 0.496 e. The molecular weight excluding hydrogens is 392 g/mol. The number of nitro groups is 1. The molecule has 1 aromatic heterocycles. The van der Waals surface area contributed by atoms with Gasteiger partial charge < -0.3 is 14.3 Å². The molecule has 1 saturated heterocycles. The van der Waals surface area contributed by atoms with Crippen LogP contribution >= 0.6 is 11.8 Å². The van der Waals surface area contributed by atoms with E-state index in [2.05, 4.69) is 0 Å². The molecule has 10 nitrogen and oxygen atoms in total. The standard InChI is InChI=1S/C17H12N2O8S/c1-26-12-4-2-9(19(24)25)6-11(12)13-5-3-10(27-13)7-14-16(22)18(8-15(20)21)17(23)28-14/h2-7H,8H2,1H3,(H,20,21)/b14-7+. The number of carbonyl (C=O) groups excluding carboxylic acids is 2. The van der Waals surface area contributed by atoms with E-state index >= 15 is 0 Å². The maximum Gasteiger partial charge on any atom is 0.323 e. The summed E-state index contributed by atoms with van der Waals surface area (Å²) >= 11 is 0.599. The highest BCUT2D eigenvalue weighted by Crippen LogP contribution is 2.36. The van der Waals surface area contributed by atoms with Gasteiger partial charge in [-0.25, -0.2) is 0 Å². The first kappa shape index (κ1) is 19.2. The minimum absolute atomic E-state index is 0.0122. The number of hydrogen-bond donors (Lipinski definition) is 1. The number of furan rings is 1. The third-order valence-corrected chi connectivity index (χ3v) is 4.63. The highest BCUT2D eigenvalue weighted by atomic mass is 32.2. The topological polar surface area (TPSA) is 140 Å². The van der Waals surface area contributed by atoms with Gasteiger partial charge >= 0.3 is 5.97 Å². The van der Waals surface area contributed by atoms with Crippen molar-refractivity contribution in [3.63, 3.8) is 0 Å². The van der Waals surface area contributed by atoms with Gasteiger partial charge in [0.15, 0.2) is 0 Å². The zero-order valence-electron chi connectivity index (χ0n) is 14.3. The first-order valence-corrected chi connectivity index (χ1v) is 8.51. The predicted molar refractivity (Wildman–Crippen MR) is 97.7 cm³/mol. The molecule has 1 aromatic carbocycles. The third kappa shape index (κ3) is 3.74. The number of hydrogen-bond acceptors (Lipinski definition) is 8. The zero-order valence-corrected chi connectivity index (χ0v) is 15.1. The number of carboxylic acid groups (broad SMARTS) is 1. The van der Waals surface area contributed by atoms with E-state index in [0.29, 0.717) is 28.0 Å². The molecule has 1 fully saturated rings. The van der Waals surface area contributed by atoms with Crippen molar-refractivity contribution in [3.8, 4) is 17.1 Å². The first-order chi connectivity index (χ1) is 13.3. The number of nitro benzene ring substituents is 1. The molecular formula is C17H12N2O8S. The van der Waals surface area contributed by atoms with Gasteiger partial charge in [0.05, 0.1) is 22.5 Å². The molecule has 1 N–H and O–H groups in total. The quantitative estimate of drug-likeness (QED) is 0.437. The van der Waals surface area contributed by atoms with E-state index in [-0.39, 0.29) is 22.1 Å². The van der Waals surface area contributed by atoms with Gasteiger partial charge in [0, 0.05) is 18.2 Å². The van der Waals surface area contributed by atoms with E-state index in [1.54, 1.807) is 0 Å². The number of carbonyl (C=O) groups is 3. The van der Waals surface area contributed by atoms with Gasteiger partial charge in [0.25, 0.3) is 16.8 Å². The summed E-state index contributed by atoms with van der Waals surface area (Å²) in [4.78, 5) is 45.8. The van der Waals surface area contributed by atoms with Gasteiger partial charge in [-0.2, -0.15) is 0 Å². The molecule has 28 heavy (non-hydrogen) atoms. The van der Waals surface area contributed by atoms with E-state index < -0.39 is 28.6 Å². The Morgan fingerprint density at radius 1 is 1.36 bits per heavy atom. The number of carboxylic acids is 1. The van der Waals surface area contributed by atoms with E-state index in [1.165, 1.54) is 43.5 Å². The van der Waals surface area contributed by atoms with Crippen LogP contribution in [-0.4, -0.2) is 45.7 Å². The summed E-state index contributed by atoms with van der Waals surface area (Å²) in [7, 11) is 1.41. The SMILES string of the molecule is COc1ccc([N+](=O)[O-])cc1-c1ccc(/C=C2/SC(=O)N(CC(=O)O)C2=O)o1. The van der Waals surface area contributed by atoms with Gasteiger partial charge in [-0.15, -0.1) is 0 Å². The number of benzene rings is 1. The Morgan fingerprint density at radius 2 is 2.11 bits per heavy atom. The van der Waals surface area contributed by atoms with E-state index in [0.717, 1.165) is 0 Å². The molecule has 1 aliphatic heterocycles. The molecule has 2 aromatic rings. The second-order valence-electron chi connectivity index (χ2n) is 5.51. The molecule has 11 heteroatoms. The average Bonchev–Trinajstić information content (AvgIpc) is 3.21. The van der Waals surface area contributed by atoms with Crippen molar-refractivity contribution in [3.05, 3.63) is 51.1 Å². The summed E-state index contributed by atoms with van der Waals surface area (Å²) in [6, 6.07) is 7.08. The van der Waals surface area contributed by atoms with E-state index in [1.807, 2.05) is 0 Å². The lowest BCUT2D eigenvalue weighted by Crippen LogP contribution is -2.33. The minimum Gasteiger partial charge on any atom is -0.496 e. The molecule has 0 radical (unpaired) electrons. The van der Waals surface area contributed by atoms with Crippen LogP contribution in [0.3, 0.4) is 0 Å². The summed E-state index contributed by atoms with van der Waals surface area (Å²) < 4.78 is 10.8. The molecule has 2 heterocycles. The Hall–Kier alpha value is -3.60. The summed E-state index contributed by atoms with van der Waals surface area (Å²) in [6.07, 6.45) is 1.31. The molecule has 3 rings (SSSR count). The number of thioether (sulfide) groups is 1. The number of nitrogens with zero attached hydrogens (tertiary/aromatic N) is 2. The molecule has 0 aliphatic carbocycles. The van der Waals surface area contributed by atoms with Crippen molar-refractivity contribution in [2.24, 2.45) is 0 Å². The number of ether oxygens (including phenoxy) is 1. The second-order valence-corrected chi connectivity index (χ2v) is 6.50. The number of imide groups is 1. The lowest BCUT2D eigenvalue weighted by Gasteiger charge is -2.07. The molecule has 0 atom stereocenters. The zero-order chi connectivity index (χ0) is 20.4. The number of aliphatic carboxylic acids is 1. The monoisotopic (exact) mass is 404 g/mol. The van der Waals surface area contributed by atoms with Crippen molar-refractivity contribution in [1.82, 2.24) is 4.90 Å². The van der Waals surface area contributed by atoms with Gasteiger partial charge in [-0.1, -0.05) is 0 Å². The van der Waals surface area contributed by atoms with Crippen LogP contribution in [-0.2, 0) is 9.59 Å². The summed E-state index contributed by atoms with van der Waals surface area (Å²) in [5, 5.41) is 19.1. The normalized spacial score (nSPS) is 15.3. The van der Waals surface area contributed by atoms with Gasteiger partial charge in [0.2, 0.25) is 0 Å². The Balaban J connectivity index is 1.91. The molecule has 0 saturated carbocycles. The predicted octanol–water partition coefficient (Wildman–Crippen LogP) is 2.98. The van der Waals surface area contributed by atoms with Crippen LogP contribution in [0.1, 0.15) is 5.76 Å². The van der Waals surface area contributed by atoms with E-state index in [4.69, 9.17) is 14.3 Å². The van der Waals surface area contributed by atoms with Crippen LogP contribution in [0.4, 0.5) is 10.5 Å². The highest BCUT2D eigenvalue weighted by molar-refractivity contribution is 8.18. The molecule has 0 unspecified atom stereocenters. The molecule has 2 amide bonds. The van der Waals surface area contributed by atoms with Gasteiger partial charge in [-0.3, -0.25) is 29.4 Å². The number of methoxy groups -OCH3 is 1. The molecule has 0 bridgehead atoms. The summed E-state index contributed by atoms with van der Waals surface area (Å²) in [6.45, 7) is -0.726. The van der Waals surface area contributed by atoms with Crippen molar-refractivity contribution < 1.29 is 33.6 Å². The summed E-state index contributed by atoms with van der Waals surface area (Å²) in [5.74, 6) is -1.21. The van der Waals surface area contributed by atoms with Crippen molar-refractivity contribution in [2.45, 2.75) is 0 Å². The third-order valence-electron chi connectivity index (χ3n) is 3.73. The Kier molecular flexibility index (Phi) is 5.18. The number of non-ortho nitro benzene ring substituents is 1. The molecule has 0 spiro atoms. The maximum atomic E-state index is 12.2. The fraction of sp³-hybridized carbons (Fsp3) is 0.118. The van der Waals surface area contributed by atoms with Crippen LogP contribution in [0, 0.1) is 10.1 Å². The fourth-order valence-corrected chi connectivity index (χ4v) is 3.30. The minimum atomic E-state index is -1.30. The number of rotatable bonds is 6. The average molecular weight is 404 g/mol. The van der Waals surface area contributed by atoms with Crippen LogP contribution in [0.5, 0.6) is 5.75 Å². The Bertz CT molecular complexity index is 1030. The highest BCUT2D eigenvalue weighted by Gasteiger charge is 2.36.